The van der Waals surface area contributed by atoms with Crippen LogP contribution in [0.15, 0.2) is 23.3 Å². The van der Waals surface area contributed by atoms with Crippen LogP contribution in [0.3, 0.4) is 0 Å². The molecule has 0 spiro atoms. The van der Waals surface area contributed by atoms with Gasteiger partial charge in [0.25, 0.3) is 0 Å². The Morgan fingerprint density at radius 1 is 1.24 bits per heavy atom. The van der Waals surface area contributed by atoms with Gasteiger partial charge in [0.1, 0.15) is 11.5 Å². The van der Waals surface area contributed by atoms with Gasteiger partial charge in [-0.2, -0.15) is 5.10 Å². The fourth-order valence-electron chi connectivity index (χ4n) is 1.13. The van der Waals surface area contributed by atoms with E-state index in [2.05, 4.69) is 15.8 Å². The van der Waals surface area contributed by atoms with Crippen molar-refractivity contribution >= 4 is 23.5 Å². The summed E-state index contributed by atoms with van der Waals surface area (Å²) in [6.45, 7) is 0. The Morgan fingerprint density at radius 3 is 2.29 bits per heavy atom. The van der Waals surface area contributed by atoms with Crippen molar-refractivity contribution in [3.8, 4) is 11.5 Å². The normalized spacial score (nSPS) is 10.1. The van der Waals surface area contributed by atoms with E-state index in [0.29, 0.717) is 16.6 Å². The van der Waals surface area contributed by atoms with Crippen molar-refractivity contribution in [2.45, 2.75) is 0 Å². The highest BCUT2D eigenvalue weighted by molar-refractivity contribution is 7.80. The van der Waals surface area contributed by atoms with Crippen molar-refractivity contribution in [3.63, 3.8) is 0 Å². The number of hydrogen-bond acceptors (Lipinski definition) is 4. The molecule has 0 unspecified atom stereocenters. The van der Waals surface area contributed by atoms with Crippen LogP contribution in [0.25, 0.3) is 0 Å². The monoisotopic (exact) mass is 253 g/mol. The van der Waals surface area contributed by atoms with Crippen molar-refractivity contribution in [3.05, 3.63) is 23.8 Å². The van der Waals surface area contributed by atoms with E-state index in [-0.39, 0.29) is 0 Å². The molecule has 2 N–H and O–H groups in total. The SMILES string of the molecule is CNC(=S)N/N=C\c1cc(OC)cc(OC)c1. The molecule has 6 heteroatoms. The Balaban J connectivity index is 2.79. The predicted molar refractivity (Wildman–Crippen MR) is 71.9 cm³/mol. The lowest BCUT2D eigenvalue weighted by molar-refractivity contribution is 0.394. The number of benzene rings is 1. The number of rotatable bonds is 4. The molecule has 1 aromatic carbocycles. The van der Waals surface area contributed by atoms with Crippen LogP contribution in [0.1, 0.15) is 5.56 Å². The molecule has 1 rings (SSSR count). The van der Waals surface area contributed by atoms with Gasteiger partial charge in [0.15, 0.2) is 5.11 Å². The molecule has 92 valence electrons. The van der Waals surface area contributed by atoms with E-state index in [9.17, 15) is 0 Å². The highest BCUT2D eigenvalue weighted by atomic mass is 32.1. The summed E-state index contributed by atoms with van der Waals surface area (Å²) in [5, 5.41) is 7.18. The fraction of sp³-hybridized carbons (Fsp3) is 0.273. The maximum Gasteiger partial charge on any atom is 0.186 e. The Hall–Kier alpha value is -1.82. The lowest BCUT2D eigenvalue weighted by Crippen LogP contribution is -2.28. The van der Waals surface area contributed by atoms with Crippen LogP contribution >= 0.6 is 12.2 Å². The molecule has 0 saturated carbocycles. The largest absolute Gasteiger partial charge is 0.497 e. The van der Waals surface area contributed by atoms with E-state index in [1.807, 2.05) is 12.1 Å². The number of thiocarbonyl (C=S) groups is 1. The average molecular weight is 253 g/mol. The maximum absolute atomic E-state index is 5.15. The molecule has 0 aliphatic carbocycles. The van der Waals surface area contributed by atoms with Gasteiger partial charge in [-0.15, -0.1) is 0 Å². The third kappa shape index (κ3) is 4.28. The molecule has 0 heterocycles. The van der Waals surface area contributed by atoms with Gasteiger partial charge in [-0.1, -0.05) is 0 Å². The summed E-state index contributed by atoms with van der Waals surface area (Å²) >= 11 is 4.88. The summed E-state index contributed by atoms with van der Waals surface area (Å²) in [5.41, 5.74) is 3.52. The maximum atomic E-state index is 5.15. The smallest absolute Gasteiger partial charge is 0.186 e. The topological polar surface area (TPSA) is 54.9 Å². The van der Waals surface area contributed by atoms with Gasteiger partial charge in [-0.05, 0) is 24.4 Å². The van der Waals surface area contributed by atoms with E-state index in [1.54, 1.807) is 33.5 Å². The van der Waals surface area contributed by atoms with Gasteiger partial charge >= 0.3 is 0 Å². The Morgan fingerprint density at radius 2 is 1.82 bits per heavy atom. The van der Waals surface area contributed by atoms with E-state index in [1.165, 1.54) is 0 Å². The molecular formula is C11H15N3O2S. The lowest BCUT2D eigenvalue weighted by atomic mass is 10.2. The minimum atomic E-state index is 0.455. The predicted octanol–water partition coefficient (Wildman–Crippen LogP) is 1.13. The summed E-state index contributed by atoms with van der Waals surface area (Å²) in [6.07, 6.45) is 1.63. The standard InChI is InChI=1S/C11H15N3O2S/c1-12-11(17)14-13-7-8-4-9(15-2)6-10(5-8)16-3/h4-7H,1-3H3,(H2,12,14,17)/b13-7-. The summed E-state index contributed by atoms with van der Waals surface area (Å²) in [4.78, 5) is 0. The van der Waals surface area contributed by atoms with Gasteiger partial charge in [0.2, 0.25) is 0 Å². The molecule has 1 aromatic rings. The molecule has 0 bridgehead atoms. The molecule has 0 aromatic heterocycles. The first-order chi connectivity index (χ1) is 8.19. The number of hydrazone groups is 1. The zero-order valence-corrected chi connectivity index (χ0v) is 10.8. The number of nitrogens with zero attached hydrogens (tertiary/aromatic N) is 1. The molecule has 0 amide bonds. The van der Waals surface area contributed by atoms with Crippen molar-refractivity contribution in [1.82, 2.24) is 10.7 Å². The van der Waals surface area contributed by atoms with Crippen molar-refractivity contribution < 1.29 is 9.47 Å². The highest BCUT2D eigenvalue weighted by Gasteiger charge is 1.99. The fourth-order valence-corrected chi connectivity index (χ4v) is 1.18. The second-order valence-electron chi connectivity index (χ2n) is 3.10. The third-order valence-corrected chi connectivity index (χ3v) is 2.28. The molecule has 0 saturated heterocycles. The van der Waals surface area contributed by atoms with Gasteiger partial charge in [0.05, 0.1) is 20.4 Å². The molecular weight excluding hydrogens is 238 g/mol. The van der Waals surface area contributed by atoms with E-state index in [4.69, 9.17) is 21.7 Å². The zero-order chi connectivity index (χ0) is 12.7. The van der Waals surface area contributed by atoms with Gasteiger partial charge in [-0.3, -0.25) is 5.43 Å². The first-order valence-corrected chi connectivity index (χ1v) is 5.34. The first-order valence-electron chi connectivity index (χ1n) is 4.93. The van der Waals surface area contributed by atoms with Crippen molar-refractivity contribution in [2.24, 2.45) is 5.10 Å². The Labute approximate surface area is 106 Å². The van der Waals surface area contributed by atoms with Crippen LogP contribution in [0.5, 0.6) is 11.5 Å². The van der Waals surface area contributed by atoms with Crippen LogP contribution in [0.2, 0.25) is 0 Å². The highest BCUT2D eigenvalue weighted by Crippen LogP contribution is 2.21. The molecule has 5 nitrogen and oxygen atoms in total. The minimum absolute atomic E-state index is 0.455. The number of hydrogen-bond donors (Lipinski definition) is 2. The minimum Gasteiger partial charge on any atom is -0.497 e. The summed E-state index contributed by atoms with van der Waals surface area (Å²) in [7, 11) is 4.92. The first kappa shape index (κ1) is 13.2. The molecule has 0 fully saturated rings. The number of methoxy groups -OCH3 is 2. The van der Waals surface area contributed by atoms with Crippen LogP contribution in [-0.4, -0.2) is 32.6 Å². The quantitative estimate of drug-likeness (QED) is 0.478. The van der Waals surface area contributed by atoms with Crippen LogP contribution < -0.4 is 20.2 Å². The van der Waals surface area contributed by atoms with Crippen LogP contribution in [-0.2, 0) is 0 Å². The van der Waals surface area contributed by atoms with Gasteiger partial charge < -0.3 is 14.8 Å². The van der Waals surface area contributed by atoms with Crippen molar-refractivity contribution in [2.75, 3.05) is 21.3 Å². The molecule has 0 radical (unpaired) electrons. The number of nitrogens with one attached hydrogen (secondary N) is 2. The zero-order valence-electron chi connectivity index (χ0n) is 9.98. The second kappa shape index (κ2) is 6.70. The Kier molecular flexibility index (Phi) is 5.22. The van der Waals surface area contributed by atoms with Gasteiger partial charge in [-0.25, -0.2) is 0 Å². The summed E-state index contributed by atoms with van der Waals surface area (Å²) in [5.74, 6) is 1.42. The van der Waals surface area contributed by atoms with Gasteiger partial charge in [0, 0.05) is 18.7 Å². The van der Waals surface area contributed by atoms with Crippen LogP contribution in [0.4, 0.5) is 0 Å². The lowest BCUT2D eigenvalue weighted by Gasteiger charge is -2.05. The van der Waals surface area contributed by atoms with Crippen LogP contribution in [0, 0.1) is 0 Å². The van der Waals surface area contributed by atoms with E-state index >= 15 is 0 Å². The molecule has 0 aliphatic heterocycles. The molecule has 0 aliphatic rings. The summed E-state index contributed by atoms with van der Waals surface area (Å²) in [6, 6.07) is 5.48. The van der Waals surface area contributed by atoms with E-state index in [0.717, 1.165) is 5.56 Å². The molecule has 17 heavy (non-hydrogen) atoms. The third-order valence-electron chi connectivity index (χ3n) is 1.98. The average Bonchev–Trinajstić information content (AvgIpc) is 2.37. The molecule has 0 atom stereocenters. The summed E-state index contributed by atoms with van der Waals surface area (Å²) < 4.78 is 10.3. The second-order valence-corrected chi connectivity index (χ2v) is 3.50. The Bertz CT molecular complexity index is 399. The van der Waals surface area contributed by atoms with Crippen molar-refractivity contribution in [1.29, 1.82) is 0 Å². The van der Waals surface area contributed by atoms with E-state index < -0.39 is 0 Å². The number of ether oxygens (including phenoxy) is 2.